The van der Waals surface area contributed by atoms with Crippen LogP contribution in [-0.2, 0) is 15.0 Å². The summed E-state index contributed by atoms with van der Waals surface area (Å²) in [6, 6.07) is 1.76. The van der Waals surface area contributed by atoms with Gasteiger partial charge in [0.05, 0.1) is 6.26 Å². The highest BCUT2D eigenvalue weighted by Crippen LogP contribution is 2.40. The van der Waals surface area contributed by atoms with Crippen LogP contribution in [0, 0.1) is 6.92 Å². The molecular formula is C12H14O4. The Labute approximate surface area is 93.3 Å². The predicted octanol–water partition coefficient (Wildman–Crippen LogP) is 2.05. The van der Waals surface area contributed by atoms with Crippen LogP contribution in [0.5, 0.6) is 0 Å². The van der Waals surface area contributed by atoms with E-state index in [1.54, 1.807) is 6.07 Å². The van der Waals surface area contributed by atoms with E-state index < -0.39 is 11.4 Å². The van der Waals surface area contributed by atoms with E-state index in [-0.39, 0.29) is 5.78 Å². The van der Waals surface area contributed by atoms with Gasteiger partial charge < -0.3 is 9.52 Å². The molecule has 1 fully saturated rings. The minimum Gasteiger partial charge on any atom is -0.480 e. The third-order valence-corrected chi connectivity index (χ3v) is 3.37. The molecule has 2 rings (SSSR count). The second-order valence-electron chi connectivity index (χ2n) is 4.36. The molecule has 1 aliphatic carbocycles. The number of aliphatic carboxylic acids is 1. The number of hydrogen-bond donors (Lipinski definition) is 1. The number of hydrogen-bond acceptors (Lipinski definition) is 3. The quantitative estimate of drug-likeness (QED) is 0.831. The zero-order valence-corrected chi connectivity index (χ0v) is 9.16. The summed E-state index contributed by atoms with van der Waals surface area (Å²) in [5.41, 5.74) is -0.154. The topological polar surface area (TPSA) is 67.5 Å². The van der Waals surface area contributed by atoms with Gasteiger partial charge in [0.25, 0.3) is 0 Å². The molecule has 0 amide bonds. The molecule has 0 saturated heterocycles. The molecular weight excluding hydrogens is 208 g/mol. The van der Waals surface area contributed by atoms with Crippen LogP contribution in [-0.4, -0.2) is 16.9 Å². The summed E-state index contributed by atoms with van der Waals surface area (Å²) in [6.45, 7) is 1.83. The van der Waals surface area contributed by atoms with E-state index in [2.05, 4.69) is 0 Å². The molecule has 1 saturated carbocycles. The van der Waals surface area contributed by atoms with Crippen LogP contribution in [0.1, 0.15) is 37.0 Å². The van der Waals surface area contributed by atoms with Crippen LogP contribution < -0.4 is 0 Å². The summed E-state index contributed by atoms with van der Waals surface area (Å²) in [5, 5.41) is 9.40. The van der Waals surface area contributed by atoms with Crippen molar-refractivity contribution in [3.05, 3.63) is 23.7 Å². The van der Waals surface area contributed by atoms with E-state index in [0.29, 0.717) is 31.4 Å². The number of Topliss-reactive ketones (excluding diaryl/α,β-unsaturated/α-hetero) is 1. The summed E-state index contributed by atoms with van der Waals surface area (Å²) in [5.74, 6) is -0.244. The van der Waals surface area contributed by atoms with Crippen molar-refractivity contribution in [1.82, 2.24) is 0 Å². The summed E-state index contributed by atoms with van der Waals surface area (Å²) < 4.78 is 5.31. The lowest BCUT2D eigenvalue weighted by atomic mass is 9.71. The highest BCUT2D eigenvalue weighted by atomic mass is 16.4. The van der Waals surface area contributed by atoms with Gasteiger partial charge in [0, 0.05) is 12.8 Å². The lowest BCUT2D eigenvalue weighted by Crippen LogP contribution is -2.40. The zero-order valence-electron chi connectivity index (χ0n) is 9.16. The van der Waals surface area contributed by atoms with Gasteiger partial charge in [0.2, 0.25) is 0 Å². The lowest BCUT2D eigenvalue weighted by Gasteiger charge is -2.31. The normalized spacial score (nSPS) is 19.7. The Bertz CT molecular complexity index is 420. The van der Waals surface area contributed by atoms with E-state index in [1.807, 2.05) is 6.92 Å². The largest absolute Gasteiger partial charge is 0.480 e. The molecule has 1 heterocycles. The van der Waals surface area contributed by atoms with Crippen LogP contribution in [0.4, 0.5) is 0 Å². The fourth-order valence-electron chi connectivity index (χ4n) is 2.36. The van der Waals surface area contributed by atoms with Crippen molar-refractivity contribution in [3.63, 3.8) is 0 Å². The Morgan fingerprint density at radius 3 is 2.50 bits per heavy atom. The maximum absolute atomic E-state index is 11.5. The van der Waals surface area contributed by atoms with E-state index >= 15 is 0 Å². The van der Waals surface area contributed by atoms with E-state index in [0.717, 1.165) is 5.56 Å². The molecule has 1 aliphatic rings. The fourth-order valence-corrected chi connectivity index (χ4v) is 2.36. The van der Waals surface area contributed by atoms with Gasteiger partial charge >= 0.3 is 5.97 Å². The van der Waals surface area contributed by atoms with Crippen molar-refractivity contribution in [2.45, 2.75) is 38.0 Å². The predicted molar refractivity (Wildman–Crippen MR) is 56.2 cm³/mol. The molecule has 4 heteroatoms. The average Bonchev–Trinajstić information content (AvgIpc) is 2.66. The van der Waals surface area contributed by atoms with Crippen LogP contribution in [0.25, 0.3) is 0 Å². The number of carboxylic acids is 1. The van der Waals surface area contributed by atoms with Gasteiger partial charge in [-0.25, -0.2) is 0 Å². The molecule has 86 valence electrons. The number of carboxylic acid groups (broad SMARTS) is 1. The zero-order chi connectivity index (χ0) is 11.8. The maximum Gasteiger partial charge on any atom is 0.317 e. The Kier molecular flexibility index (Phi) is 2.58. The number of rotatable bonds is 2. The van der Waals surface area contributed by atoms with Crippen LogP contribution in [0.3, 0.4) is 0 Å². The van der Waals surface area contributed by atoms with Crippen molar-refractivity contribution in [3.8, 4) is 0 Å². The van der Waals surface area contributed by atoms with E-state index in [4.69, 9.17) is 4.42 Å². The molecule has 0 radical (unpaired) electrons. The van der Waals surface area contributed by atoms with Gasteiger partial charge in [0.15, 0.2) is 0 Å². The standard InChI is InChI=1S/C12H14O4/c1-8-4-7-16-10(8)12(11(14)15)5-2-9(13)3-6-12/h4,7H,2-3,5-6H2,1H3,(H,14,15). The lowest BCUT2D eigenvalue weighted by molar-refractivity contribution is -0.146. The smallest absolute Gasteiger partial charge is 0.317 e. The molecule has 1 aromatic heterocycles. The van der Waals surface area contributed by atoms with Crippen LogP contribution >= 0.6 is 0 Å². The number of aryl methyl sites for hydroxylation is 1. The highest BCUT2D eigenvalue weighted by molar-refractivity contribution is 5.87. The molecule has 16 heavy (non-hydrogen) atoms. The molecule has 1 aromatic rings. The van der Waals surface area contributed by atoms with Gasteiger partial charge in [-0.2, -0.15) is 0 Å². The average molecular weight is 222 g/mol. The Hall–Kier alpha value is -1.58. The first kappa shape index (κ1) is 10.9. The molecule has 0 atom stereocenters. The van der Waals surface area contributed by atoms with Crippen LogP contribution in [0.15, 0.2) is 16.7 Å². The summed E-state index contributed by atoms with van der Waals surface area (Å²) in [4.78, 5) is 22.7. The Morgan fingerprint density at radius 1 is 1.44 bits per heavy atom. The molecule has 1 N–H and O–H groups in total. The van der Waals surface area contributed by atoms with Crippen LogP contribution in [0.2, 0.25) is 0 Å². The molecule has 0 aromatic carbocycles. The summed E-state index contributed by atoms with van der Waals surface area (Å²) in [6.07, 6.45) is 2.84. The second-order valence-corrected chi connectivity index (χ2v) is 4.36. The minimum atomic E-state index is -0.999. The number of ketones is 1. The third kappa shape index (κ3) is 1.54. The Morgan fingerprint density at radius 2 is 2.06 bits per heavy atom. The minimum absolute atomic E-state index is 0.140. The van der Waals surface area contributed by atoms with Crippen molar-refractivity contribution in [1.29, 1.82) is 0 Å². The van der Waals surface area contributed by atoms with Gasteiger partial charge in [0.1, 0.15) is 17.0 Å². The number of carbonyl (C=O) groups excluding carboxylic acids is 1. The van der Waals surface area contributed by atoms with E-state index in [9.17, 15) is 14.7 Å². The molecule has 0 spiro atoms. The molecule has 0 unspecified atom stereocenters. The number of furan rings is 1. The summed E-state index contributed by atoms with van der Waals surface area (Å²) >= 11 is 0. The molecule has 0 bridgehead atoms. The first-order valence-corrected chi connectivity index (χ1v) is 5.36. The molecule has 4 nitrogen and oxygen atoms in total. The summed E-state index contributed by atoms with van der Waals surface area (Å²) in [7, 11) is 0. The van der Waals surface area contributed by atoms with Gasteiger partial charge in [-0.05, 0) is 31.4 Å². The first-order valence-electron chi connectivity index (χ1n) is 5.36. The van der Waals surface area contributed by atoms with E-state index in [1.165, 1.54) is 6.26 Å². The van der Waals surface area contributed by atoms with Crippen molar-refractivity contribution in [2.75, 3.05) is 0 Å². The second kappa shape index (κ2) is 3.77. The molecule has 0 aliphatic heterocycles. The van der Waals surface area contributed by atoms with Gasteiger partial charge in [-0.1, -0.05) is 0 Å². The SMILES string of the molecule is Cc1ccoc1C1(C(=O)O)CCC(=O)CC1. The monoisotopic (exact) mass is 222 g/mol. The maximum atomic E-state index is 11.5. The van der Waals surface area contributed by atoms with Crippen molar-refractivity contribution < 1.29 is 19.1 Å². The first-order chi connectivity index (χ1) is 7.56. The number of carbonyl (C=O) groups is 2. The fraction of sp³-hybridized carbons (Fsp3) is 0.500. The third-order valence-electron chi connectivity index (χ3n) is 3.37. The highest BCUT2D eigenvalue weighted by Gasteiger charge is 2.46. The van der Waals surface area contributed by atoms with Crippen molar-refractivity contribution >= 4 is 11.8 Å². The Balaban J connectivity index is 2.41. The van der Waals surface area contributed by atoms with Gasteiger partial charge in [-0.3, -0.25) is 9.59 Å². The van der Waals surface area contributed by atoms with Crippen molar-refractivity contribution in [2.24, 2.45) is 0 Å². The van der Waals surface area contributed by atoms with Gasteiger partial charge in [-0.15, -0.1) is 0 Å².